The Morgan fingerprint density at radius 2 is 1.30 bits per heavy atom. The van der Waals surface area contributed by atoms with Crippen molar-refractivity contribution in [3.8, 4) is 5.75 Å². The second-order valence-electron chi connectivity index (χ2n) is 7.38. The molecule has 0 heterocycles. The predicted molar refractivity (Wildman–Crippen MR) is 84.1 cm³/mol. The van der Waals surface area contributed by atoms with Crippen LogP contribution in [0.15, 0.2) is 12.1 Å². The van der Waals surface area contributed by atoms with E-state index in [9.17, 15) is 18.3 Å². The molecule has 1 nitrogen and oxygen atoms in total. The minimum Gasteiger partial charge on any atom is -0.503 e. The van der Waals surface area contributed by atoms with Gasteiger partial charge in [0.05, 0.1) is 6.67 Å². The van der Waals surface area contributed by atoms with E-state index < -0.39 is 17.4 Å². The quantitative estimate of drug-likeness (QED) is 0.753. The molecular formula is C19H25F3O. The van der Waals surface area contributed by atoms with Crippen LogP contribution in [0.3, 0.4) is 0 Å². The summed E-state index contributed by atoms with van der Waals surface area (Å²) in [6, 6.07) is 2.55. The molecule has 2 saturated carbocycles. The van der Waals surface area contributed by atoms with E-state index in [1.165, 1.54) is 12.1 Å². The van der Waals surface area contributed by atoms with E-state index in [2.05, 4.69) is 0 Å². The van der Waals surface area contributed by atoms with Gasteiger partial charge < -0.3 is 5.11 Å². The zero-order valence-corrected chi connectivity index (χ0v) is 13.4. The number of hydrogen-bond acceptors (Lipinski definition) is 1. The second-order valence-corrected chi connectivity index (χ2v) is 7.38. The molecule has 2 aliphatic rings. The van der Waals surface area contributed by atoms with Crippen LogP contribution in [0.5, 0.6) is 5.75 Å². The van der Waals surface area contributed by atoms with Crippen LogP contribution in [0.2, 0.25) is 0 Å². The highest BCUT2D eigenvalue weighted by Crippen LogP contribution is 2.44. The Bertz CT molecular complexity index is 506. The Morgan fingerprint density at radius 1 is 0.826 bits per heavy atom. The molecule has 0 aromatic heterocycles. The summed E-state index contributed by atoms with van der Waals surface area (Å²) in [5, 5.41) is 9.21. The molecule has 0 radical (unpaired) electrons. The zero-order chi connectivity index (χ0) is 16.4. The van der Waals surface area contributed by atoms with Gasteiger partial charge in [-0.15, -0.1) is 0 Å². The number of alkyl halides is 1. The number of benzene rings is 1. The minimum atomic E-state index is -0.882. The van der Waals surface area contributed by atoms with Gasteiger partial charge in [0.15, 0.2) is 17.4 Å². The zero-order valence-electron chi connectivity index (χ0n) is 13.4. The number of phenols is 1. The molecule has 0 spiro atoms. The largest absolute Gasteiger partial charge is 0.503 e. The van der Waals surface area contributed by atoms with Gasteiger partial charge in [-0.1, -0.05) is 0 Å². The first kappa shape index (κ1) is 16.7. The van der Waals surface area contributed by atoms with Gasteiger partial charge in [0.25, 0.3) is 0 Å². The number of halogens is 3. The maximum absolute atomic E-state index is 13.5. The molecule has 0 bridgehead atoms. The fourth-order valence-corrected chi connectivity index (χ4v) is 4.56. The highest BCUT2D eigenvalue weighted by Gasteiger charge is 2.31. The first-order valence-electron chi connectivity index (χ1n) is 8.82. The molecule has 1 aromatic rings. The lowest BCUT2D eigenvalue weighted by molar-refractivity contribution is 0.148. The molecule has 2 aliphatic carbocycles. The smallest absolute Gasteiger partial charge is 0.187 e. The van der Waals surface area contributed by atoms with Crippen LogP contribution >= 0.6 is 0 Å². The Labute approximate surface area is 135 Å². The van der Waals surface area contributed by atoms with Gasteiger partial charge in [0.2, 0.25) is 0 Å². The van der Waals surface area contributed by atoms with Crippen molar-refractivity contribution in [2.75, 3.05) is 6.67 Å². The highest BCUT2D eigenvalue weighted by molar-refractivity contribution is 5.32. The Balaban J connectivity index is 1.56. The average Bonchev–Trinajstić information content (AvgIpc) is 2.59. The fraction of sp³-hybridized carbons (Fsp3) is 0.684. The van der Waals surface area contributed by atoms with Gasteiger partial charge >= 0.3 is 0 Å². The number of phenolic OH excluding ortho intramolecular Hbond substituents is 1. The lowest BCUT2D eigenvalue weighted by Crippen LogP contribution is -2.26. The van der Waals surface area contributed by atoms with E-state index in [4.69, 9.17) is 0 Å². The van der Waals surface area contributed by atoms with Crippen LogP contribution < -0.4 is 0 Å². The van der Waals surface area contributed by atoms with Gasteiger partial charge in [0.1, 0.15) is 0 Å². The van der Waals surface area contributed by atoms with Crippen LogP contribution in [0.4, 0.5) is 13.2 Å². The first-order chi connectivity index (χ1) is 11.1. The van der Waals surface area contributed by atoms with Crippen molar-refractivity contribution in [3.05, 3.63) is 29.3 Å². The van der Waals surface area contributed by atoms with E-state index in [1.54, 1.807) is 0 Å². The van der Waals surface area contributed by atoms with Gasteiger partial charge in [-0.25, -0.2) is 8.78 Å². The van der Waals surface area contributed by atoms with Crippen LogP contribution in [0.1, 0.15) is 62.8 Å². The second kappa shape index (κ2) is 7.14. The minimum absolute atomic E-state index is 0.179. The molecule has 4 heteroatoms. The van der Waals surface area contributed by atoms with E-state index in [0.29, 0.717) is 17.4 Å². The third-order valence-corrected chi connectivity index (χ3v) is 6.06. The maximum atomic E-state index is 13.5. The van der Waals surface area contributed by atoms with Crippen LogP contribution in [0.25, 0.3) is 0 Å². The van der Waals surface area contributed by atoms with Gasteiger partial charge in [0, 0.05) is 0 Å². The molecule has 3 rings (SSSR count). The molecule has 128 valence electrons. The summed E-state index contributed by atoms with van der Waals surface area (Å²) in [5.74, 6) is -0.792. The molecule has 0 atom stereocenters. The van der Waals surface area contributed by atoms with E-state index in [0.717, 1.165) is 51.4 Å². The first-order valence-corrected chi connectivity index (χ1v) is 8.82. The standard InChI is InChI=1S/C19H25F3O/c20-11-12-1-3-13(4-2-12)14-5-7-15(8-6-14)16-9-17(21)19(23)18(22)10-16/h9-10,12-15,23H,1-8,11H2. The SMILES string of the molecule is Oc1c(F)cc(C2CCC(C3CCC(CF)CC3)CC2)cc1F. The molecule has 1 N–H and O–H groups in total. The van der Waals surface area contributed by atoms with Crippen molar-refractivity contribution >= 4 is 0 Å². The predicted octanol–water partition coefficient (Wildman–Crippen LogP) is 5.72. The molecular weight excluding hydrogens is 301 g/mol. The number of hydrogen-bond donors (Lipinski definition) is 1. The Kier molecular flexibility index (Phi) is 5.17. The Morgan fingerprint density at radius 3 is 1.78 bits per heavy atom. The van der Waals surface area contributed by atoms with E-state index >= 15 is 0 Å². The maximum Gasteiger partial charge on any atom is 0.187 e. The summed E-state index contributed by atoms with van der Waals surface area (Å²) in [5.41, 5.74) is 0.664. The van der Waals surface area contributed by atoms with Crippen molar-refractivity contribution < 1.29 is 18.3 Å². The summed E-state index contributed by atoms with van der Waals surface area (Å²) in [7, 11) is 0. The summed E-state index contributed by atoms with van der Waals surface area (Å²) in [4.78, 5) is 0. The van der Waals surface area contributed by atoms with Crippen molar-refractivity contribution in [2.24, 2.45) is 17.8 Å². The fourth-order valence-electron chi connectivity index (χ4n) is 4.56. The number of rotatable bonds is 3. The molecule has 0 unspecified atom stereocenters. The summed E-state index contributed by atoms with van der Waals surface area (Å²) < 4.78 is 39.7. The van der Waals surface area contributed by atoms with Crippen LogP contribution in [0, 0.1) is 29.4 Å². The summed E-state index contributed by atoms with van der Waals surface area (Å²) in [6.07, 6.45) is 8.33. The van der Waals surface area contributed by atoms with E-state index in [-0.39, 0.29) is 18.5 Å². The monoisotopic (exact) mass is 326 g/mol. The molecule has 1 aromatic carbocycles. The normalized spacial score (nSPS) is 32.0. The van der Waals surface area contributed by atoms with Gasteiger partial charge in [-0.2, -0.15) is 0 Å². The topological polar surface area (TPSA) is 20.2 Å². The Hall–Kier alpha value is -1.19. The lowest BCUT2D eigenvalue weighted by Gasteiger charge is -2.37. The lowest BCUT2D eigenvalue weighted by atomic mass is 9.68. The number of aromatic hydroxyl groups is 1. The van der Waals surface area contributed by atoms with Crippen molar-refractivity contribution in [2.45, 2.75) is 57.3 Å². The third kappa shape index (κ3) is 3.67. The van der Waals surface area contributed by atoms with Crippen molar-refractivity contribution in [1.82, 2.24) is 0 Å². The van der Waals surface area contributed by atoms with Crippen molar-refractivity contribution in [3.63, 3.8) is 0 Å². The summed E-state index contributed by atoms with van der Waals surface area (Å²) in [6.45, 7) is -0.183. The molecule has 2 fully saturated rings. The van der Waals surface area contributed by atoms with E-state index in [1.807, 2.05) is 0 Å². The van der Waals surface area contributed by atoms with Gasteiger partial charge in [-0.05, 0) is 92.7 Å². The van der Waals surface area contributed by atoms with Gasteiger partial charge in [-0.3, -0.25) is 4.39 Å². The van der Waals surface area contributed by atoms with Crippen LogP contribution in [-0.4, -0.2) is 11.8 Å². The molecule has 0 aliphatic heterocycles. The van der Waals surface area contributed by atoms with Crippen LogP contribution in [-0.2, 0) is 0 Å². The highest BCUT2D eigenvalue weighted by atomic mass is 19.1. The molecule has 23 heavy (non-hydrogen) atoms. The molecule has 0 amide bonds. The average molecular weight is 326 g/mol. The summed E-state index contributed by atoms with van der Waals surface area (Å²) >= 11 is 0. The third-order valence-electron chi connectivity index (χ3n) is 6.06. The molecule has 0 saturated heterocycles. The van der Waals surface area contributed by atoms with Crippen molar-refractivity contribution in [1.29, 1.82) is 0 Å².